The maximum absolute atomic E-state index is 5.42. The molecule has 1 aromatic heterocycles. The van der Waals surface area contributed by atoms with Crippen LogP contribution >= 0.6 is 0 Å². The second kappa shape index (κ2) is 7.18. The number of fused-ring (bicyclic) bond motifs is 1. The average molecular weight is 309 g/mol. The normalized spacial score (nSPS) is 10.9. The van der Waals surface area contributed by atoms with Gasteiger partial charge in [-0.2, -0.15) is 0 Å². The minimum Gasteiger partial charge on any atom is -0.496 e. The lowest BCUT2D eigenvalue weighted by Crippen LogP contribution is -2.08. The van der Waals surface area contributed by atoms with Gasteiger partial charge in [0.25, 0.3) is 0 Å². The Morgan fingerprint density at radius 3 is 2.70 bits per heavy atom. The van der Waals surface area contributed by atoms with Crippen molar-refractivity contribution in [3.8, 4) is 5.75 Å². The molecule has 0 amide bonds. The number of nitrogens with one attached hydrogen (secondary N) is 1. The van der Waals surface area contributed by atoms with E-state index in [4.69, 9.17) is 9.72 Å². The molecular weight excluding hydrogens is 286 g/mol. The van der Waals surface area contributed by atoms with Crippen LogP contribution < -0.4 is 10.1 Å². The molecule has 0 radical (unpaired) electrons. The number of aryl methyl sites for hydroxylation is 1. The van der Waals surface area contributed by atoms with E-state index in [9.17, 15) is 0 Å². The van der Waals surface area contributed by atoms with Crippen LogP contribution in [0.15, 0.2) is 48.5 Å². The van der Waals surface area contributed by atoms with E-state index in [1.165, 1.54) is 11.9 Å². The fourth-order valence-corrected chi connectivity index (χ4v) is 2.78. The third-order valence-electron chi connectivity index (χ3n) is 4.02. The summed E-state index contributed by atoms with van der Waals surface area (Å²) in [5.41, 5.74) is 3.35. The second-order valence-corrected chi connectivity index (χ2v) is 5.59. The molecule has 0 atom stereocenters. The smallest absolute Gasteiger partial charge is 0.204 e. The van der Waals surface area contributed by atoms with Crippen LogP contribution in [0.4, 0.5) is 5.95 Å². The van der Waals surface area contributed by atoms with Gasteiger partial charge in [-0.3, -0.25) is 0 Å². The molecule has 1 heterocycles. The molecule has 0 fully saturated rings. The number of rotatable bonds is 7. The second-order valence-electron chi connectivity index (χ2n) is 5.59. The van der Waals surface area contributed by atoms with E-state index in [1.807, 2.05) is 24.3 Å². The Hall–Kier alpha value is -2.49. The summed E-state index contributed by atoms with van der Waals surface area (Å²) < 4.78 is 7.69. The molecule has 0 aliphatic rings. The summed E-state index contributed by atoms with van der Waals surface area (Å²) in [5.74, 6) is 1.82. The topological polar surface area (TPSA) is 39.1 Å². The van der Waals surface area contributed by atoms with Crippen LogP contribution in [0.2, 0.25) is 0 Å². The van der Waals surface area contributed by atoms with Gasteiger partial charge in [0.2, 0.25) is 5.95 Å². The molecule has 0 aliphatic heterocycles. The van der Waals surface area contributed by atoms with E-state index in [0.29, 0.717) is 6.54 Å². The molecule has 3 rings (SSSR count). The van der Waals surface area contributed by atoms with Crippen LogP contribution in [0.5, 0.6) is 5.75 Å². The first kappa shape index (κ1) is 15.4. The monoisotopic (exact) mass is 309 g/mol. The molecule has 1 N–H and O–H groups in total. The van der Waals surface area contributed by atoms with Crippen molar-refractivity contribution in [3.05, 3.63) is 54.1 Å². The summed E-state index contributed by atoms with van der Waals surface area (Å²) in [7, 11) is 1.70. The first-order valence-corrected chi connectivity index (χ1v) is 8.14. The van der Waals surface area contributed by atoms with Crippen LogP contribution in [0, 0.1) is 0 Å². The largest absolute Gasteiger partial charge is 0.496 e. The Labute approximate surface area is 137 Å². The highest BCUT2D eigenvalue weighted by Gasteiger charge is 2.10. The fourth-order valence-electron chi connectivity index (χ4n) is 2.78. The number of nitrogens with zero attached hydrogens (tertiary/aromatic N) is 2. The van der Waals surface area contributed by atoms with E-state index in [0.717, 1.165) is 35.7 Å². The van der Waals surface area contributed by atoms with Crippen molar-refractivity contribution < 1.29 is 4.74 Å². The SMILES string of the molecule is CCCCn1c(NCc2ccccc2OC)nc2ccccc21. The van der Waals surface area contributed by atoms with Gasteiger partial charge < -0.3 is 14.6 Å². The van der Waals surface area contributed by atoms with Crippen molar-refractivity contribution in [2.75, 3.05) is 12.4 Å². The molecule has 0 unspecified atom stereocenters. The lowest BCUT2D eigenvalue weighted by Gasteiger charge is -2.12. The molecule has 120 valence electrons. The van der Waals surface area contributed by atoms with Crippen molar-refractivity contribution in [3.63, 3.8) is 0 Å². The predicted molar refractivity (Wildman–Crippen MR) is 95.0 cm³/mol. The maximum Gasteiger partial charge on any atom is 0.204 e. The number of imidazole rings is 1. The van der Waals surface area contributed by atoms with E-state index in [2.05, 4.69) is 41.1 Å². The number of ether oxygens (including phenoxy) is 1. The zero-order chi connectivity index (χ0) is 16.1. The van der Waals surface area contributed by atoms with Gasteiger partial charge in [-0.25, -0.2) is 4.98 Å². The van der Waals surface area contributed by atoms with E-state index < -0.39 is 0 Å². The molecule has 2 aromatic carbocycles. The highest BCUT2D eigenvalue weighted by Crippen LogP contribution is 2.23. The van der Waals surface area contributed by atoms with E-state index in [1.54, 1.807) is 7.11 Å². The maximum atomic E-state index is 5.42. The van der Waals surface area contributed by atoms with Crippen LogP contribution in [0.3, 0.4) is 0 Å². The summed E-state index contributed by atoms with van der Waals surface area (Å²) >= 11 is 0. The number of anilines is 1. The third-order valence-corrected chi connectivity index (χ3v) is 4.02. The van der Waals surface area contributed by atoms with Gasteiger partial charge in [-0.05, 0) is 24.6 Å². The predicted octanol–water partition coefficient (Wildman–Crippen LogP) is 4.46. The quantitative estimate of drug-likeness (QED) is 0.700. The van der Waals surface area contributed by atoms with Gasteiger partial charge >= 0.3 is 0 Å². The molecule has 4 nitrogen and oxygen atoms in total. The standard InChI is InChI=1S/C19H23N3O/c1-3-4-13-22-17-11-7-6-10-16(17)21-19(22)20-14-15-9-5-8-12-18(15)23-2/h5-12H,3-4,13-14H2,1-2H3,(H,20,21). The number of hydrogen-bond donors (Lipinski definition) is 1. The Morgan fingerprint density at radius 2 is 1.87 bits per heavy atom. The summed E-state index contributed by atoms with van der Waals surface area (Å²) in [6.45, 7) is 3.88. The Kier molecular flexibility index (Phi) is 4.81. The minimum atomic E-state index is 0.694. The Balaban J connectivity index is 1.87. The summed E-state index contributed by atoms with van der Waals surface area (Å²) in [6, 6.07) is 16.4. The molecule has 0 aliphatic carbocycles. The van der Waals surface area contributed by atoms with Gasteiger partial charge in [0.1, 0.15) is 5.75 Å². The first-order valence-electron chi connectivity index (χ1n) is 8.14. The zero-order valence-electron chi connectivity index (χ0n) is 13.7. The highest BCUT2D eigenvalue weighted by molar-refractivity contribution is 5.78. The number of hydrogen-bond acceptors (Lipinski definition) is 3. The lowest BCUT2D eigenvalue weighted by molar-refractivity contribution is 0.410. The summed E-state index contributed by atoms with van der Waals surface area (Å²) in [5, 5.41) is 3.47. The summed E-state index contributed by atoms with van der Waals surface area (Å²) in [6.07, 6.45) is 2.31. The average Bonchev–Trinajstić information content (AvgIpc) is 2.96. The molecule has 4 heteroatoms. The van der Waals surface area contributed by atoms with Gasteiger partial charge in [-0.1, -0.05) is 43.7 Å². The van der Waals surface area contributed by atoms with E-state index in [-0.39, 0.29) is 0 Å². The molecular formula is C19H23N3O. The number of unbranched alkanes of at least 4 members (excludes halogenated alkanes) is 1. The molecule has 3 aromatic rings. The fraction of sp³-hybridized carbons (Fsp3) is 0.316. The molecule has 0 spiro atoms. The van der Waals surface area contributed by atoms with Crippen LogP contribution in [-0.4, -0.2) is 16.7 Å². The number of benzene rings is 2. The molecule has 0 saturated heterocycles. The first-order chi connectivity index (χ1) is 11.3. The van der Waals surface area contributed by atoms with Gasteiger partial charge in [-0.15, -0.1) is 0 Å². The van der Waals surface area contributed by atoms with Crippen molar-refractivity contribution in [2.45, 2.75) is 32.9 Å². The van der Waals surface area contributed by atoms with Crippen LogP contribution in [0.1, 0.15) is 25.3 Å². The highest BCUT2D eigenvalue weighted by atomic mass is 16.5. The van der Waals surface area contributed by atoms with E-state index >= 15 is 0 Å². The van der Waals surface area contributed by atoms with Gasteiger partial charge in [0.15, 0.2) is 0 Å². The number of para-hydroxylation sites is 3. The molecule has 0 bridgehead atoms. The van der Waals surface area contributed by atoms with Gasteiger partial charge in [0, 0.05) is 18.7 Å². The number of aromatic nitrogens is 2. The third kappa shape index (κ3) is 3.31. The van der Waals surface area contributed by atoms with Crippen molar-refractivity contribution >= 4 is 17.0 Å². The molecule has 23 heavy (non-hydrogen) atoms. The van der Waals surface area contributed by atoms with Crippen molar-refractivity contribution in [1.29, 1.82) is 0 Å². The zero-order valence-corrected chi connectivity index (χ0v) is 13.7. The Bertz CT molecular complexity index is 779. The number of methoxy groups -OCH3 is 1. The molecule has 0 saturated carbocycles. The van der Waals surface area contributed by atoms with Crippen molar-refractivity contribution in [2.24, 2.45) is 0 Å². The van der Waals surface area contributed by atoms with Crippen LogP contribution in [-0.2, 0) is 13.1 Å². The summed E-state index contributed by atoms with van der Waals surface area (Å²) in [4.78, 5) is 4.75. The minimum absolute atomic E-state index is 0.694. The lowest BCUT2D eigenvalue weighted by atomic mass is 10.2. The Morgan fingerprint density at radius 1 is 1.09 bits per heavy atom. The van der Waals surface area contributed by atoms with Crippen LogP contribution in [0.25, 0.3) is 11.0 Å². The van der Waals surface area contributed by atoms with Crippen molar-refractivity contribution in [1.82, 2.24) is 9.55 Å². The van der Waals surface area contributed by atoms with Gasteiger partial charge in [0.05, 0.1) is 18.1 Å².